The van der Waals surface area contributed by atoms with E-state index in [1.807, 2.05) is 30.5 Å². The van der Waals surface area contributed by atoms with Gasteiger partial charge in [-0.3, -0.25) is 4.98 Å². The lowest BCUT2D eigenvalue weighted by molar-refractivity contribution is 0.562. The lowest BCUT2D eigenvalue weighted by Crippen LogP contribution is -2.19. The number of hydrogen-bond acceptors (Lipinski definition) is 3. The van der Waals surface area contributed by atoms with Gasteiger partial charge in [-0.05, 0) is 37.2 Å². The molecule has 3 rings (SSSR count). The van der Waals surface area contributed by atoms with Gasteiger partial charge >= 0.3 is 0 Å². The van der Waals surface area contributed by atoms with Crippen molar-refractivity contribution < 1.29 is 0 Å². The van der Waals surface area contributed by atoms with E-state index in [1.165, 1.54) is 63.2 Å². The number of aryl methyl sites for hydroxylation is 2. The van der Waals surface area contributed by atoms with Crippen molar-refractivity contribution >= 4 is 34.1 Å². The Labute approximate surface area is 198 Å². The zero-order valence-corrected chi connectivity index (χ0v) is 20.5. The van der Waals surface area contributed by atoms with Crippen LogP contribution in [0.4, 0.5) is 5.82 Å². The standard InChI is InChI=1S/C17H32N4S.C9H7N/c1-3-5-6-7-8-9-10-11-12-13-15-19-14(4-2)16(20-15)21-17(18)22;1-2-6-9-8(4-1)5-3-7-10-9/h3-13H2,1-2H3,(H,19,20)(H3,18,21,22);1-7H. The molecule has 32 heavy (non-hydrogen) atoms. The van der Waals surface area contributed by atoms with Crippen molar-refractivity contribution in [3.05, 3.63) is 54.1 Å². The van der Waals surface area contributed by atoms with E-state index in [0.717, 1.165) is 35.7 Å². The maximum absolute atomic E-state index is 5.53. The summed E-state index contributed by atoms with van der Waals surface area (Å²) in [7, 11) is 0. The van der Waals surface area contributed by atoms with E-state index in [2.05, 4.69) is 46.2 Å². The van der Waals surface area contributed by atoms with Gasteiger partial charge in [0.05, 0.1) is 11.2 Å². The van der Waals surface area contributed by atoms with Crippen molar-refractivity contribution in [2.24, 2.45) is 5.73 Å². The maximum Gasteiger partial charge on any atom is 0.169 e. The molecule has 2 aromatic heterocycles. The molecule has 0 saturated heterocycles. The van der Waals surface area contributed by atoms with E-state index in [1.54, 1.807) is 0 Å². The van der Waals surface area contributed by atoms with Crippen LogP contribution in [0.3, 0.4) is 0 Å². The van der Waals surface area contributed by atoms with Crippen molar-refractivity contribution in [2.45, 2.75) is 84.5 Å². The van der Waals surface area contributed by atoms with Gasteiger partial charge in [0.25, 0.3) is 0 Å². The van der Waals surface area contributed by atoms with Crippen LogP contribution in [0, 0.1) is 0 Å². The van der Waals surface area contributed by atoms with Crippen LogP contribution in [0.15, 0.2) is 42.6 Å². The number of rotatable bonds is 12. The highest BCUT2D eigenvalue weighted by Crippen LogP contribution is 2.16. The van der Waals surface area contributed by atoms with Crippen LogP contribution < -0.4 is 11.1 Å². The van der Waals surface area contributed by atoms with Crippen molar-refractivity contribution in [1.29, 1.82) is 0 Å². The minimum atomic E-state index is 0.285. The summed E-state index contributed by atoms with van der Waals surface area (Å²) >= 11 is 4.89. The van der Waals surface area contributed by atoms with Crippen LogP contribution in [-0.2, 0) is 12.8 Å². The van der Waals surface area contributed by atoms with Crippen LogP contribution in [0.2, 0.25) is 0 Å². The number of fused-ring (bicyclic) bond motifs is 1. The molecule has 0 aliphatic carbocycles. The fraction of sp³-hybridized carbons (Fsp3) is 0.500. The number of aromatic amines is 1. The zero-order valence-electron chi connectivity index (χ0n) is 19.7. The molecule has 4 N–H and O–H groups in total. The summed E-state index contributed by atoms with van der Waals surface area (Å²) in [5.74, 6) is 1.90. The molecule has 1 aromatic carbocycles. The summed E-state index contributed by atoms with van der Waals surface area (Å²) < 4.78 is 0. The predicted molar refractivity (Wildman–Crippen MR) is 141 cm³/mol. The Morgan fingerprint density at radius 2 is 1.59 bits per heavy atom. The first kappa shape index (κ1) is 25.8. The number of anilines is 1. The Morgan fingerprint density at radius 1 is 0.938 bits per heavy atom. The number of thiocarbonyl (C=S) groups is 1. The average molecular weight is 454 g/mol. The SMILES string of the molecule is CCCCCCCCCCCc1nc(CC)c(NC(N)=S)[nH]1.c1ccc2ncccc2c1. The van der Waals surface area contributed by atoms with Gasteiger partial charge in [0.15, 0.2) is 5.11 Å². The van der Waals surface area contributed by atoms with Gasteiger partial charge in [-0.25, -0.2) is 4.98 Å². The van der Waals surface area contributed by atoms with Gasteiger partial charge < -0.3 is 16.0 Å². The monoisotopic (exact) mass is 453 g/mol. The van der Waals surface area contributed by atoms with Crippen LogP contribution in [0.5, 0.6) is 0 Å². The van der Waals surface area contributed by atoms with Gasteiger partial charge in [-0.15, -0.1) is 0 Å². The molecule has 0 radical (unpaired) electrons. The molecular formula is C26H39N5S. The van der Waals surface area contributed by atoms with Crippen molar-refractivity contribution in [3.8, 4) is 0 Å². The smallest absolute Gasteiger partial charge is 0.169 e. The fourth-order valence-corrected chi connectivity index (χ4v) is 3.79. The molecule has 3 aromatic rings. The molecule has 6 heteroatoms. The highest BCUT2D eigenvalue weighted by molar-refractivity contribution is 7.80. The Balaban J connectivity index is 0.000000297. The Kier molecular flexibility index (Phi) is 12.4. The van der Waals surface area contributed by atoms with E-state index in [9.17, 15) is 0 Å². The Morgan fingerprint density at radius 3 is 2.25 bits per heavy atom. The van der Waals surface area contributed by atoms with E-state index in [-0.39, 0.29) is 5.11 Å². The van der Waals surface area contributed by atoms with E-state index < -0.39 is 0 Å². The second-order valence-electron chi connectivity index (χ2n) is 8.12. The maximum atomic E-state index is 5.53. The summed E-state index contributed by atoms with van der Waals surface area (Å²) in [6.07, 6.45) is 15.8. The quantitative estimate of drug-likeness (QED) is 0.204. The number of hydrogen-bond donors (Lipinski definition) is 3. The zero-order chi connectivity index (χ0) is 23.0. The van der Waals surface area contributed by atoms with Crippen LogP contribution in [-0.4, -0.2) is 20.1 Å². The highest BCUT2D eigenvalue weighted by Gasteiger charge is 2.08. The third-order valence-electron chi connectivity index (χ3n) is 5.44. The number of nitrogens with two attached hydrogens (primary N) is 1. The highest BCUT2D eigenvalue weighted by atomic mass is 32.1. The largest absolute Gasteiger partial charge is 0.376 e. The topological polar surface area (TPSA) is 79.6 Å². The fourth-order valence-electron chi connectivity index (χ4n) is 3.68. The number of nitrogens with zero attached hydrogens (tertiary/aromatic N) is 2. The molecule has 0 unspecified atom stereocenters. The summed E-state index contributed by atoms with van der Waals surface area (Å²) in [5, 5.41) is 4.46. The van der Waals surface area contributed by atoms with Gasteiger partial charge in [0.2, 0.25) is 0 Å². The number of pyridine rings is 1. The van der Waals surface area contributed by atoms with Crippen molar-refractivity contribution in [1.82, 2.24) is 15.0 Å². The molecule has 174 valence electrons. The lowest BCUT2D eigenvalue weighted by atomic mass is 10.1. The van der Waals surface area contributed by atoms with E-state index >= 15 is 0 Å². The number of para-hydroxylation sites is 1. The predicted octanol–water partition coefficient (Wildman–Crippen LogP) is 6.94. The Hall–Kier alpha value is -2.47. The first-order valence-corrected chi connectivity index (χ1v) is 12.5. The van der Waals surface area contributed by atoms with Gasteiger partial charge in [0, 0.05) is 18.0 Å². The second kappa shape index (κ2) is 15.4. The molecule has 0 fully saturated rings. The third kappa shape index (κ3) is 9.77. The molecular weight excluding hydrogens is 414 g/mol. The van der Waals surface area contributed by atoms with Gasteiger partial charge in [0.1, 0.15) is 11.6 Å². The van der Waals surface area contributed by atoms with E-state index in [0.29, 0.717) is 0 Å². The molecule has 0 aliphatic rings. The number of unbranched alkanes of at least 4 members (excludes halogenated alkanes) is 8. The number of nitrogens with one attached hydrogen (secondary N) is 2. The molecule has 0 amide bonds. The summed E-state index contributed by atoms with van der Waals surface area (Å²) in [4.78, 5) is 12.1. The number of H-pyrrole nitrogens is 1. The molecule has 0 saturated carbocycles. The molecule has 0 atom stereocenters. The summed E-state index contributed by atoms with van der Waals surface area (Å²) in [5.41, 5.74) is 7.60. The minimum Gasteiger partial charge on any atom is -0.376 e. The van der Waals surface area contributed by atoms with Crippen molar-refractivity contribution in [3.63, 3.8) is 0 Å². The van der Waals surface area contributed by atoms with Gasteiger partial charge in [-0.1, -0.05) is 89.5 Å². The molecule has 2 heterocycles. The number of benzene rings is 1. The average Bonchev–Trinajstić information content (AvgIpc) is 3.19. The second-order valence-corrected chi connectivity index (χ2v) is 8.56. The number of aromatic nitrogens is 3. The lowest BCUT2D eigenvalue weighted by Gasteiger charge is -2.02. The first-order chi connectivity index (χ1) is 15.6. The van der Waals surface area contributed by atoms with Crippen LogP contribution in [0.25, 0.3) is 10.9 Å². The molecule has 0 bridgehead atoms. The molecule has 5 nitrogen and oxygen atoms in total. The van der Waals surface area contributed by atoms with Gasteiger partial charge in [-0.2, -0.15) is 0 Å². The first-order valence-electron chi connectivity index (χ1n) is 12.1. The normalized spacial score (nSPS) is 10.6. The van der Waals surface area contributed by atoms with E-state index in [4.69, 9.17) is 18.0 Å². The van der Waals surface area contributed by atoms with Crippen LogP contribution >= 0.6 is 12.2 Å². The molecule has 0 spiro atoms. The number of imidazole rings is 1. The summed E-state index contributed by atoms with van der Waals surface area (Å²) in [6.45, 7) is 4.35. The van der Waals surface area contributed by atoms with Crippen molar-refractivity contribution in [2.75, 3.05) is 5.32 Å². The third-order valence-corrected chi connectivity index (χ3v) is 5.54. The summed E-state index contributed by atoms with van der Waals surface area (Å²) in [6, 6.07) is 12.1. The molecule has 0 aliphatic heterocycles. The Bertz CT molecular complexity index is 856. The van der Waals surface area contributed by atoms with Crippen LogP contribution in [0.1, 0.15) is 83.2 Å². The minimum absolute atomic E-state index is 0.285.